The van der Waals surface area contributed by atoms with Gasteiger partial charge < -0.3 is 24.1 Å². The molecule has 2 aliphatic rings. The van der Waals surface area contributed by atoms with E-state index in [1.165, 1.54) is 0 Å². The fraction of sp³-hybridized carbons (Fsp3) is 0.667. The molecular formula is C21H32BNO5. The van der Waals surface area contributed by atoms with Crippen molar-refractivity contribution in [1.82, 2.24) is 0 Å². The lowest BCUT2D eigenvalue weighted by Gasteiger charge is -2.37. The molecule has 0 amide bonds. The molecule has 154 valence electrons. The Kier molecular flexibility index (Phi) is 5.81. The topological polar surface area (TPSA) is 68.2 Å². The molecule has 0 radical (unpaired) electrons. The van der Waals surface area contributed by atoms with E-state index in [2.05, 4.69) is 11.8 Å². The van der Waals surface area contributed by atoms with E-state index in [1.807, 2.05) is 40.7 Å². The van der Waals surface area contributed by atoms with Crippen LogP contribution < -0.4 is 10.4 Å². The lowest BCUT2D eigenvalue weighted by atomic mass is 9.77. The fourth-order valence-electron chi connectivity index (χ4n) is 3.98. The standard InChI is InChI=1S/C21H32BNO5/c1-7-23(16-8-10-26-11-9-16)18-13-15(12-17(14(18)2)19(24)25)22-27-20(3,4)21(5,6)28-22/h12-13,16H,7-11H2,1-6H3,(H,24,25). The van der Waals surface area contributed by atoms with Gasteiger partial charge in [0.05, 0.1) is 16.8 Å². The maximum Gasteiger partial charge on any atom is 0.494 e. The van der Waals surface area contributed by atoms with Crippen LogP contribution in [0.4, 0.5) is 5.69 Å². The van der Waals surface area contributed by atoms with Crippen molar-refractivity contribution in [2.45, 2.75) is 71.6 Å². The van der Waals surface area contributed by atoms with Crippen LogP contribution in [0, 0.1) is 6.92 Å². The van der Waals surface area contributed by atoms with E-state index in [0.29, 0.717) is 11.6 Å². The highest BCUT2D eigenvalue weighted by molar-refractivity contribution is 6.62. The van der Waals surface area contributed by atoms with Crippen molar-refractivity contribution in [3.8, 4) is 0 Å². The van der Waals surface area contributed by atoms with Gasteiger partial charge in [0, 0.05) is 31.5 Å². The van der Waals surface area contributed by atoms with E-state index in [9.17, 15) is 9.90 Å². The summed E-state index contributed by atoms with van der Waals surface area (Å²) in [4.78, 5) is 14.3. The molecule has 0 bridgehead atoms. The first-order valence-electron chi connectivity index (χ1n) is 10.1. The zero-order chi connectivity index (χ0) is 20.7. The third kappa shape index (κ3) is 3.80. The van der Waals surface area contributed by atoms with Gasteiger partial charge in [0.25, 0.3) is 0 Å². The van der Waals surface area contributed by atoms with Gasteiger partial charge in [0.2, 0.25) is 0 Å². The van der Waals surface area contributed by atoms with Crippen LogP contribution in [0.2, 0.25) is 0 Å². The van der Waals surface area contributed by atoms with Crippen molar-refractivity contribution in [3.05, 3.63) is 23.3 Å². The SMILES string of the molecule is CCN(c1cc(B2OC(C)(C)C(C)(C)O2)cc(C(=O)O)c1C)C1CCOCC1. The van der Waals surface area contributed by atoms with E-state index >= 15 is 0 Å². The molecule has 0 aromatic heterocycles. The van der Waals surface area contributed by atoms with Gasteiger partial charge in [0.15, 0.2) is 0 Å². The van der Waals surface area contributed by atoms with Crippen LogP contribution in [0.25, 0.3) is 0 Å². The summed E-state index contributed by atoms with van der Waals surface area (Å²) in [6.45, 7) is 14.3. The number of carbonyl (C=O) groups is 1. The van der Waals surface area contributed by atoms with Gasteiger partial charge in [-0.25, -0.2) is 4.79 Å². The van der Waals surface area contributed by atoms with E-state index < -0.39 is 24.3 Å². The average molecular weight is 389 g/mol. The molecule has 0 atom stereocenters. The number of anilines is 1. The molecule has 0 saturated carbocycles. The van der Waals surface area contributed by atoms with E-state index in [1.54, 1.807) is 6.07 Å². The van der Waals surface area contributed by atoms with Crippen molar-refractivity contribution < 1.29 is 23.9 Å². The molecule has 28 heavy (non-hydrogen) atoms. The Labute approximate surface area is 168 Å². The number of benzene rings is 1. The molecule has 1 aromatic carbocycles. The Morgan fingerprint density at radius 3 is 2.25 bits per heavy atom. The molecule has 7 heteroatoms. The maximum atomic E-state index is 12.0. The molecule has 2 fully saturated rings. The summed E-state index contributed by atoms with van der Waals surface area (Å²) in [5, 5.41) is 9.81. The molecule has 2 aliphatic heterocycles. The lowest BCUT2D eigenvalue weighted by Crippen LogP contribution is -2.42. The average Bonchev–Trinajstić information content (AvgIpc) is 2.85. The van der Waals surface area contributed by atoms with Crippen molar-refractivity contribution >= 4 is 24.2 Å². The van der Waals surface area contributed by atoms with Gasteiger partial charge in [-0.15, -0.1) is 0 Å². The molecule has 0 aliphatic carbocycles. The number of rotatable bonds is 5. The zero-order valence-corrected chi connectivity index (χ0v) is 17.9. The van der Waals surface area contributed by atoms with Crippen molar-refractivity contribution in [3.63, 3.8) is 0 Å². The minimum atomic E-state index is -0.930. The lowest BCUT2D eigenvalue weighted by molar-refractivity contribution is 0.00578. The number of hydrogen-bond acceptors (Lipinski definition) is 5. The van der Waals surface area contributed by atoms with E-state index in [4.69, 9.17) is 14.0 Å². The summed E-state index contributed by atoms with van der Waals surface area (Å²) in [6.07, 6.45) is 1.88. The van der Waals surface area contributed by atoms with Crippen LogP contribution in [0.5, 0.6) is 0 Å². The molecule has 0 spiro atoms. The van der Waals surface area contributed by atoms with E-state index in [0.717, 1.165) is 49.3 Å². The third-order valence-corrected chi connectivity index (χ3v) is 6.44. The molecule has 0 unspecified atom stereocenters. The van der Waals surface area contributed by atoms with Crippen LogP contribution in [0.3, 0.4) is 0 Å². The van der Waals surface area contributed by atoms with Gasteiger partial charge in [-0.1, -0.05) is 0 Å². The van der Waals surface area contributed by atoms with Crippen LogP contribution in [-0.4, -0.2) is 55.2 Å². The van der Waals surface area contributed by atoms with Crippen molar-refractivity contribution in [2.24, 2.45) is 0 Å². The minimum Gasteiger partial charge on any atom is -0.478 e. The highest BCUT2D eigenvalue weighted by atomic mass is 16.7. The second-order valence-electron chi connectivity index (χ2n) is 8.74. The second-order valence-corrected chi connectivity index (χ2v) is 8.74. The molecule has 2 heterocycles. The Bertz CT molecular complexity index is 727. The quantitative estimate of drug-likeness (QED) is 0.781. The zero-order valence-electron chi connectivity index (χ0n) is 17.9. The first kappa shape index (κ1) is 21.2. The number of carboxylic acid groups (broad SMARTS) is 1. The predicted octanol–water partition coefficient (Wildman–Crippen LogP) is 3.00. The number of nitrogens with zero attached hydrogens (tertiary/aromatic N) is 1. The van der Waals surface area contributed by atoms with Crippen molar-refractivity contribution in [1.29, 1.82) is 0 Å². The first-order valence-corrected chi connectivity index (χ1v) is 10.1. The molecule has 3 rings (SSSR count). The molecule has 1 aromatic rings. The highest BCUT2D eigenvalue weighted by Gasteiger charge is 2.52. The van der Waals surface area contributed by atoms with Crippen LogP contribution in [-0.2, 0) is 14.0 Å². The Hall–Kier alpha value is -1.57. The Balaban J connectivity index is 2.04. The number of hydrogen-bond donors (Lipinski definition) is 1. The van der Waals surface area contributed by atoms with Gasteiger partial charge in [-0.05, 0) is 77.5 Å². The highest BCUT2D eigenvalue weighted by Crippen LogP contribution is 2.37. The molecule has 2 saturated heterocycles. The number of carboxylic acids is 1. The first-order chi connectivity index (χ1) is 13.1. The summed E-state index contributed by atoms with van der Waals surface area (Å²) >= 11 is 0. The monoisotopic (exact) mass is 389 g/mol. The van der Waals surface area contributed by atoms with Gasteiger partial charge in [-0.2, -0.15) is 0 Å². The summed E-state index contributed by atoms with van der Waals surface area (Å²) < 4.78 is 17.9. The molecule has 6 nitrogen and oxygen atoms in total. The number of ether oxygens (including phenoxy) is 1. The summed E-state index contributed by atoms with van der Waals surface area (Å²) in [5.74, 6) is -0.930. The van der Waals surface area contributed by atoms with Gasteiger partial charge in [0.1, 0.15) is 0 Å². The second kappa shape index (κ2) is 7.69. The normalized spacial score (nSPS) is 21.7. The maximum absolute atomic E-state index is 12.0. The van der Waals surface area contributed by atoms with Crippen LogP contribution >= 0.6 is 0 Å². The Morgan fingerprint density at radius 2 is 1.75 bits per heavy atom. The van der Waals surface area contributed by atoms with Crippen molar-refractivity contribution in [2.75, 3.05) is 24.7 Å². The molecular weight excluding hydrogens is 357 g/mol. The predicted molar refractivity (Wildman–Crippen MR) is 111 cm³/mol. The summed E-state index contributed by atoms with van der Waals surface area (Å²) in [6, 6.07) is 4.08. The minimum absolute atomic E-state index is 0.299. The van der Waals surface area contributed by atoms with Crippen LogP contribution in [0.15, 0.2) is 12.1 Å². The smallest absolute Gasteiger partial charge is 0.478 e. The third-order valence-electron chi connectivity index (χ3n) is 6.44. The Morgan fingerprint density at radius 1 is 1.18 bits per heavy atom. The van der Waals surface area contributed by atoms with Gasteiger partial charge >= 0.3 is 13.1 Å². The van der Waals surface area contributed by atoms with Gasteiger partial charge in [-0.3, -0.25) is 0 Å². The fourth-order valence-corrected chi connectivity index (χ4v) is 3.98. The van der Waals surface area contributed by atoms with E-state index in [-0.39, 0.29) is 0 Å². The van der Waals surface area contributed by atoms with Crippen LogP contribution in [0.1, 0.15) is 63.4 Å². The summed E-state index contributed by atoms with van der Waals surface area (Å²) in [7, 11) is -0.587. The molecule has 1 N–H and O–H groups in total. The number of aromatic carboxylic acids is 1. The summed E-state index contributed by atoms with van der Waals surface area (Å²) in [5.41, 5.74) is 1.82. The largest absolute Gasteiger partial charge is 0.494 e.